The van der Waals surface area contributed by atoms with Crippen LogP contribution in [0.4, 0.5) is 0 Å². The van der Waals surface area contributed by atoms with Gasteiger partial charge in [0.1, 0.15) is 25.4 Å². The van der Waals surface area contributed by atoms with Crippen molar-refractivity contribution in [2.75, 3.05) is 39.6 Å². The number of phosphoric acid groups is 2. The lowest BCUT2D eigenvalue weighted by Gasteiger charge is -2.21. The molecule has 4 N–H and O–H groups in total. The first-order chi connectivity index (χ1) is 51.2. The lowest BCUT2D eigenvalue weighted by molar-refractivity contribution is -0.161. The first-order valence-electron chi connectivity index (χ1n) is 41.8. The summed E-state index contributed by atoms with van der Waals surface area (Å²) in [5, 5.41) is 20.6. The number of unbranched alkanes of at least 4 members (excludes halogenated alkanes) is 36. The van der Waals surface area contributed by atoms with Crippen LogP contribution in [0.15, 0.2) is 122 Å². The second-order valence-electron chi connectivity index (χ2n) is 27.9. The van der Waals surface area contributed by atoms with Crippen LogP contribution in [0.2, 0.25) is 0 Å². The first kappa shape index (κ1) is 101. The molecule has 606 valence electrons. The Bertz CT molecular complexity index is 2390. The summed E-state index contributed by atoms with van der Waals surface area (Å²) in [5.41, 5.74) is 0. The number of ether oxygens (including phenoxy) is 3. The van der Waals surface area contributed by atoms with Crippen LogP contribution in [0.3, 0.4) is 0 Å². The molecular formula is C87H152O16P2. The van der Waals surface area contributed by atoms with E-state index in [0.717, 1.165) is 141 Å². The normalized spacial score (nSPS) is 14.5. The van der Waals surface area contributed by atoms with Gasteiger partial charge in [0.2, 0.25) is 0 Å². The summed E-state index contributed by atoms with van der Waals surface area (Å²) in [5.74, 6) is -1.57. The summed E-state index contributed by atoms with van der Waals surface area (Å²) < 4.78 is 61.2. The molecule has 0 aliphatic carbocycles. The maximum absolute atomic E-state index is 12.9. The topological polar surface area (TPSA) is 231 Å². The van der Waals surface area contributed by atoms with Gasteiger partial charge in [0.05, 0.1) is 26.4 Å². The minimum Gasteiger partial charge on any atom is -0.463 e. The second-order valence-corrected chi connectivity index (χ2v) is 30.8. The molecule has 0 heterocycles. The average molecular weight is 1520 g/mol. The highest BCUT2D eigenvalue weighted by Gasteiger charge is 2.29. The van der Waals surface area contributed by atoms with Crippen molar-refractivity contribution in [1.29, 1.82) is 0 Å². The van der Waals surface area contributed by atoms with E-state index >= 15 is 0 Å². The minimum atomic E-state index is -4.93. The third-order valence-electron chi connectivity index (χ3n) is 17.7. The fraction of sp³-hybridized carbons (Fsp3) is 0.736. The number of carbonyl (C=O) groups excluding carboxylic acids is 3. The molecule has 0 fully saturated rings. The number of aliphatic hydroxyl groups is 2. The minimum absolute atomic E-state index is 0.107. The molecule has 0 aliphatic rings. The van der Waals surface area contributed by atoms with Crippen molar-refractivity contribution in [3.8, 4) is 0 Å². The molecule has 0 spiro atoms. The number of esters is 3. The molecular weight excluding hydrogens is 1360 g/mol. The van der Waals surface area contributed by atoms with Crippen LogP contribution in [-0.2, 0) is 55.8 Å². The molecule has 0 bridgehead atoms. The van der Waals surface area contributed by atoms with Gasteiger partial charge in [-0.2, -0.15) is 0 Å². The Labute approximate surface area is 640 Å². The van der Waals surface area contributed by atoms with Gasteiger partial charge in [-0.05, 0) is 116 Å². The maximum atomic E-state index is 12.9. The molecule has 0 rings (SSSR count). The predicted molar refractivity (Wildman–Crippen MR) is 436 cm³/mol. The van der Waals surface area contributed by atoms with Gasteiger partial charge in [0.15, 0.2) is 6.10 Å². The lowest BCUT2D eigenvalue weighted by Crippen LogP contribution is -2.30. The number of rotatable bonds is 79. The number of carbonyl (C=O) groups is 3. The fourth-order valence-electron chi connectivity index (χ4n) is 11.3. The van der Waals surface area contributed by atoms with Crippen LogP contribution in [-0.4, -0.2) is 95.9 Å². The van der Waals surface area contributed by atoms with Crippen LogP contribution in [0.1, 0.15) is 355 Å². The molecule has 0 aliphatic heterocycles. The molecule has 0 radical (unpaired) electrons. The van der Waals surface area contributed by atoms with Crippen LogP contribution in [0, 0.1) is 0 Å². The highest BCUT2D eigenvalue weighted by Crippen LogP contribution is 2.45. The summed E-state index contributed by atoms with van der Waals surface area (Å²) in [6, 6.07) is 0. The molecule has 5 atom stereocenters. The molecule has 0 saturated carbocycles. The second kappa shape index (κ2) is 79.5. The van der Waals surface area contributed by atoms with Crippen molar-refractivity contribution in [3.63, 3.8) is 0 Å². The average Bonchev–Trinajstić information content (AvgIpc) is 1.81. The van der Waals surface area contributed by atoms with Gasteiger partial charge in [-0.15, -0.1) is 0 Å². The van der Waals surface area contributed by atoms with Crippen LogP contribution >= 0.6 is 15.6 Å². The van der Waals surface area contributed by atoms with Crippen molar-refractivity contribution in [1.82, 2.24) is 0 Å². The number of aliphatic hydroxyl groups excluding tert-OH is 2. The Morgan fingerprint density at radius 1 is 0.276 bits per heavy atom. The van der Waals surface area contributed by atoms with Crippen molar-refractivity contribution in [2.45, 2.75) is 373 Å². The zero-order valence-corrected chi connectivity index (χ0v) is 68.2. The highest BCUT2D eigenvalue weighted by molar-refractivity contribution is 7.47. The Kier molecular flexibility index (Phi) is 76.4. The maximum Gasteiger partial charge on any atom is 0.472 e. The summed E-state index contributed by atoms with van der Waals surface area (Å²) in [7, 11) is -9.78. The van der Waals surface area contributed by atoms with Crippen molar-refractivity contribution >= 4 is 33.6 Å². The molecule has 5 unspecified atom stereocenters. The van der Waals surface area contributed by atoms with E-state index in [-0.39, 0.29) is 19.3 Å². The van der Waals surface area contributed by atoms with Crippen LogP contribution < -0.4 is 0 Å². The highest BCUT2D eigenvalue weighted by atomic mass is 31.2. The Hall–Kier alpha value is -4.05. The molecule has 105 heavy (non-hydrogen) atoms. The largest absolute Gasteiger partial charge is 0.472 e. The smallest absolute Gasteiger partial charge is 0.463 e. The molecule has 0 aromatic carbocycles. The van der Waals surface area contributed by atoms with Gasteiger partial charge < -0.3 is 34.2 Å². The van der Waals surface area contributed by atoms with E-state index < -0.39 is 91.5 Å². The van der Waals surface area contributed by atoms with Gasteiger partial charge in [-0.25, -0.2) is 9.13 Å². The molecule has 18 heteroatoms. The van der Waals surface area contributed by atoms with E-state index in [1.165, 1.54) is 154 Å². The van der Waals surface area contributed by atoms with Gasteiger partial charge in [0.25, 0.3) is 0 Å². The summed E-state index contributed by atoms with van der Waals surface area (Å²) >= 11 is 0. The quantitative estimate of drug-likeness (QED) is 0.0146. The van der Waals surface area contributed by atoms with Gasteiger partial charge in [-0.1, -0.05) is 341 Å². The van der Waals surface area contributed by atoms with Crippen molar-refractivity contribution in [3.05, 3.63) is 122 Å². The summed E-state index contributed by atoms with van der Waals surface area (Å²) in [6.45, 7) is 2.56. The van der Waals surface area contributed by atoms with Crippen LogP contribution in [0.5, 0.6) is 0 Å². The third-order valence-corrected chi connectivity index (χ3v) is 19.6. The SMILES string of the molecule is CC/C=C\C/C=C\C/C=C\C/C=C\C/C=C\C/C=C\CCCCCCCCCCCCC(=O)OCC(O)COP(=O)(O)OCC(O)COP(=O)(O)OCC(COC(=O)CCCCCCCCCCCCCCC/C=C\C/C=C\C/C=C\C/C=C\CCCCC)OC(=O)CCCCCCCCCCCCC. The molecule has 0 aromatic rings. The zero-order chi connectivity index (χ0) is 76.6. The van der Waals surface area contributed by atoms with Gasteiger partial charge in [0, 0.05) is 19.3 Å². The Balaban J connectivity index is 4.43. The first-order valence-corrected chi connectivity index (χ1v) is 44.8. The lowest BCUT2D eigenvalue weighted by atomic mass is 10.0. The van der Waals surface area contributed by atoms with Gasteiger partial charge in [-0.3, -0.25) is 32.5 Å². The zero-order valence-electron chi connectivity index (χ0n) is 66.4. The third kappa shape index (κ3) is 80.8. The Morgan fingerprint density at radius 3 is 0.819 bits per heavy atom. The fourth-order valence-corrected chi connectivity index (χ4v) is 12.9. The van der Waals surface area contributed by atoms with E-state index in [0.29, 0.717) is 19.3 Å². The van der Waals surface area contributed by atoms with E-state index in [1.807, 2.05) is 0 Å². The number of phosphoric ester groups is 2. The van der Waals surface area contributed by atoms with Crippen molar-refractivity contribution in [2.24, 2.45) is 0 Å². The monoisotopic (exact) mass is 1520 g/mol. The molecule has 16 nitrogen and oxygen atoms in total. The van der Waals surface area contributed by atoms with E-state index in [9.17, 15) is 43.5 Å². The van der Waals surface area contributed by atoms with E-state index in [4.69, 9.17) is 32.3 Å². The Morgan fingerprint density at radius 2 is 0.505 bits per heavy atom. The molecule has 0 saturated heterocycles. The standard InChI is InChI=1S/C87H152O16P2/c1-4-7-10-13-16-19-22-24-26-28-30-32-34-36-38-40-42-44-46-48-50-52-54-56-59-61-64-67-70-73-85(90)97-76-82(88)77-99-104(93,94)100-78-83(89)79-101-105(95,96)102-81-84(103-87(92)75-72-69-66-63-58-21-18-15-12-9-6-3)80-98-86(91)74-71-68-65-62-60-57-55-53-51-49-47-45-43-41-39-37-35-33-31-29-27-25-23-20-17-14-11-8-5-2/h7,10,16-17,19-20,24-27,30-33,36-39,42,44,82-84,88-89H,4-6,8-9,11-15,18,21-23,28-29,34-35,40-41,43,45-81H2,1-3H3,(H,93,94)(H,95,96)/b10-7-,19-16-,20-17-,26-24-,27-25-,32-30-,33-31-,38-36-,39-37-,44-42-. The molecule has 0 aromatic heterocycles. The van der Waals surface area contributed by atoms with Gasteiger partial charge >= 0.3 is 33.6 Å². The molecule has 0 amide bonds. The van der Waals surface area contributed by atoms with E-state index in [2.05, 4.69) is 142 Å². The number of hydrogen-bond acceptors (Lipinski definition) is 14. The van der Waals surface area contributed by atoms with E-state index in [1.54, 1.807) is 0 Å². The summed E-state index contributed by atoms with van der Waals surface area (Å²) in [6.07, 6.45) is 95.4. The predicted octanol–water partition coefficient (Wildman–Crippen LogP) is 24.9. The van der Waals surface area contributed by atoms with Crippen LogP contribution in [0.25, 0.3) is 0 Å². The number of hydrogen-bond donors (Lipinski definition) is 4. The number of allylic oxidation sites excluding steroid dienone is 20. The summed E-state index contributed by atoms with van der Waals surface area (Å²) in [4.78, 5) is 58.6. The van der Waals surface area contributed by atoms with Crippen molar-refractivity contribution < 1.29 is 75.8 Å².